The third kappa shape index (κ3) is 5.82. The molecule has 18 heavy (non-hydrogen) atoms. The number of anilines is 2. The molecule has 0 bridgehead atoms. The molecule has 1 aromatic rings. The highest BCUT2D eigenvalue weighted by atomic mass is 15.1. The van der Waals surface area contributed by atoms with Gasteiger partial charge in [-0.3, -0.25) is 0 Å². The van der Waals surface area contributed by atoms with E-state index < -0.39 is 0 Å². The van der Waals surface area contributed by atoms with Crippen LogP contribution in [-0.4, -0.2) is 48.1 Å². The fraction of sp³-hybridized carbons (Fsp3) is 0.692. The summed E-state index contributed by atoms with van der Waals surface area (Å²) in [6, 6.07) is 2.39. The zero-order valence-electron chi connectivity index (χ0n) is 11.9. The van der Waals surface area contributed by atoms with E-state index in [1.165, 1.54) is 0 Å². The lowest BCUT2D eigenvalue weighted by Crippen LogP contribution is -2.17. The Balaban J connectivity index is 2.39. The maximum atomic E-state index is 4.21. The molecule has 1 unspecified atom stereocenters. The second kappa shape index (κ2) is 7.87. The Hall–Kier alpha value is -1.36. The SMILES string of the molecule is CCC(C)Nc1cc(NCCCN(C)C)ncn1. The van der Waals surface area contributed by atoms with Crippen LogP contribution in [0.5, 0.6) is 0 Å². The van der Waals surface area contributed by atoms with E-state index in [2.05, 4.69) is 53.4 Å². The van der Waals surface area contributed by atoms with Crippen molar-refractivity contribution in [3.05, 3.63) is 12.4 Å². The molecule has 1 atom stereocenters. The smallest absolute Gasteiger partial charge is 0.131 e. The summed E-state index contributed by atoms with van der Waals surface area (Å²) in [6.45, 7) is 6.31. The molecule has 0 aliphatic heterocycles. The van der Waals surface area contributed by atoms with E-state index in [0.717, 1.165) is 37.6 Å². The lowest BCUT2D eigenvalue weighted by atomic mass is 10.2. The fourth-order valence-corrected chi connectivity index (χ4v) is 1.50. The minimum Gasteiger partial charge on any atom is -0.370 e. The molecule has 0 aliphatic carbocycles. The van der Waals surface area contributed by atoms with E-state index in [0.29, 0.717) is 6.04 Å². The fourth-order valence-electron chi connectivity index (χ4n) is 1.50. The molecular formula is C13H25N5. The molecule has 0 fully saturated rings. The normalized spacial score (nSPS) is 12.5. The van der Waals surface area contributed by atoms with E-state index in [1.807, 2.05) is 6.07 Å². The molecule has 1 heterocycles. The van der Waals surface area contributed by atoms with Crippen LogP contribution in [0, 0.1) is 0 Å². The molecule has 0 amide bonds. The molecule has 0 spiro atoms. The van der Waals surface area contributed by atoms with Crippen molar-refractivity contribution in [2.75, 3.05) is 37.8 Å². The maximum absolute atomic E-state index is 4.21. The molecule has 0 radical (unpaired) electrons. The molecule has 2 N–H and O–H groups in total. The molecule has 0 aromatic carbocycles. The monoisotopic (exact) mass is 251 g/mol. The molecule has 5 nitrogen and oxygen atoms in total. The third-order valence-electron chi connectivity index (χ3n) is 2.76. The van der Waals surface area contributed by atoms with Crippen LogP contribution in [0.15, 0.2) is 12.4 Å². The van der Waals surface area contributed by atoms with Crippen molar-refractivity contribution in [2.24, 2.45) is 0 Å². The van der Waals surface area contributed by atoms with E-state index in [1.54, 1.807) is 6.33 Å². The van der Waals surface area contributed by atoms with Gasteiger partial charge >= 0.3 is 0 Å². The predicted octanol–water partition coefficient (Wildman–Crippen LogP) is 2.05. The Labute approximate surface area is 110 Å². The standard InChI is InChI=1S/C13H25N5/c1-5-11(2)17-13-9-12(15-10-16-13)14-7-6-8-18(3)4/h9-11H,5-8H2,1-4H3,(H2,14,15,16,17). The lowest BCUT2D eigenvalue weighted by Gasteiger charge is -2.13. The van der Waals surface area contributed by atoms with Crippen molar-refractivity contribution in [3.63, 3.8) is 0 Å². The first kappa shape index (κ1) is 14.7. The van der Waals surface area contributed by atoms with Crippen LogP contribution in [0.3, 0.4) is 0 Å². The highest BCUT2D eigenvalue weighted by Crippen LogP contribution is 2.10. The number of hydrogen-bond donors (Lipinski definition) is 2. The summed E-state index contributed by atoms with van der Waals surface area (Å²) >= 11 is 0. The van der Waals surface area contributed by atoms with Crippen LogP contribution in [0.25, 0.3) is 0 Å². The van der Waals surface area contributed by atoms with Crippen molar-refractivity contribution in [3.8, 4) is 0 Å². The Morgan fingerprint density at radius 2 is 2.00 bits per heavy atom. The minimum absolute atomic E-state index is 0.432. The zero-order valence-corrected chi connectivity index (χ0v) is 11.9. The maximum Gasteiger partial charge on any atom is 0.131 e. The van der Waals surface area contributed by atoms with Gasteiger partial charge in [-0.1, -0.05) is 6.92 Å². The number of hydrogen-bond acceptors (Lipinski definition) is 5. The van der Waals surface area contributed by atoms with Gasteiger partial charge in [0.1, 0.15) is 18.0 Å². The summed E-state index contributed by atoms with van der Waals surface area (Å²) in [5, 5.41) is 6.66. The van der Waals surface area contributed by atoms with Gasteiger partial charge in [0.2, 0.25) is 0 Å². The Bertz CT molecular complexity index is 340. The van der Waals surface area contributed by atoms with Gasteiger partial charge in [-0.2, -0.15) is 0 Å². The van der Waals surface area contributed by atoms with Crippen molar-refractivity contribution >= 4 is 11.6 Å². The zero-order chi connectivity index (χ0) is 13.4. The molecule has 5 heteroatoms. The van der Waals surface area contributed by atoms with Gasteiger partial charge in [-0.05, 0) is 40.4 Å². The first-order valence-corrected chi connectivity index (χ1v) is 6.59. The van der Waals surface area contributed by atoms with Gasteiger partial charge in [-0.15, -0.1) is 0 Å². The van der Waals surface area contributed by atoms with E-state index in [-0.39, 0.29) is 0 Å². The topological polar surface area (TPSA) is 53.1 Å². The van der Waals surface area contributed by atoms with Crippen molar-refractivity contribution in [1.82, 2.24) is 14.9 Å². The van der Waals surface area contributed by atoms with Crippen molar-refractivity contribution < 1.29 is 0 Å². The second-order valence-corrected chi connectivity index (χ2v) is 4.83. The summed E-state index contributed by atoms with van der Waals surface area (Å²) in [4.78, 5) is 10.6. The van der Waals surface area contributed by atoms with Gasteiger partial charge in [0.05, 0.1) is 0 Å². The van der Waals surface area contributed by atoms with Gasteiger partial charge in [-0.25, -0.2) is 9.97 Å². The molecule has 102 valence electrons. The highest BCUT2D eigenvalue weighted by molar-refractivity contribution is 5.46. The summed E-state index contributed by atoms with van der Waals surface area (Å²) in [5.74, 6) is 1.77. The summed E-state index contributed by atoms with van der Waals surface area (Å²) in [7, 11) is 4.16. The van der Waals surface area contributed by atoms with Crippen LogP contribution in [-0.2, 0) is 0 Å². The van der Waals surface area contributed by atoms with Crippen LogP contribution in [0.4, 0.5) is 11.6 Å². The van der Waals surface area contributed by atoms with Gasteiger partial charge in [0.25, 0.3) is 0 Å². The molecule has 0 saturated heterocycles. The average molecular weight is 251 g/mol. The Kier molecular flexibility index (Phi) is 6.43. The van der Waals surface area contributed by atoms with Crippen LogP contribution in [0.1, 0.15) is 26.7 Å². The average Bonchev–Trinajstić information content (AvgIpc) is 2.35. The first-order chi connectivity index (χ1) is 8.61. The number of nitrogens with zero attached hydrogens (tertiary/aromatic N) is 3. The third-order valence-corrected chi connectivity index (χ3v) is 2.76. The molecule has 1 aromatic heterocycles. The number of nitrogens with one attached hydrogen (secondary N) is 2. The highest BCUT2D eigenvalue weighted by Gasteiger charge is 2.01. The number of rotatable bonds is 8. The summed E-state index contributed by atoms with van der Waals surface area (Å²) in [6.07, 6.45) is 3.78. The van der Waals surface area contributed by atoms with Crippen LogP contribution >= 0.6 is 0 Å². The van der Waals surface area contributed by atoms with Crippen molar-refractivity contribution in [2.45, 2.75) is 32.7 Å². The largest absolute Gasteiger partial charge is 0.370 e. The lowest BCUT2D eigenvalue weighted by molar-refractivity contribution is 0.405. The Morgan fingerprint density at radius 3 is 2.67 bits per heavy atom. The molecule has 0 aliphatic rings. The minimum atomic E-state index is 0.432. The van der Waals surface area contributed by atoms with E-state index in [9.17, 15) is 0 Å². The summed E-state index contributed by atoms with van der Waals surface area (Å²) in [5.41, 5.74) is 0. The van der Waals surface area contributed by atoms with Crippen molar-refractivity contribution in [1.29, 1.82) is 0 Å². The number of aromatic nitrogens is 2. The van der Waals surface area contributed by atoms with Crippen LogP contribution < -0.4 is 10.6 Å². The predicted molar refractivity (Wildman–Crippen MR) is 77.1 cm³/mol. The molecule has 1 rings (SSSR count). The first-order valence-electron chi connectivity index (χ1n) is 6.59. The van der Waals surface area contributed by atoms with Gasteiger partial charge in [0.15, 0.2) is 0 Å². The molecular weight excluding hydrogens is 226 g/mol. The quantitative estimate of drug-likeness (QED) is 0.693. The van der Waals surface area contributed by atoms with Gasteiger partial charge in [0, 0.05) is 18.7 Å². The van der Waals surface area contributed by atoms with Gasteiger partial charge < -0.3 is 15.5 Å². The summed E-state index contributed by atoms with van der Waals surface area (Å²) < 4.78 is 0. The second-order valence-electron chi connectivity index (χ2n) is 4.83. The van der Waals surface area contributed by atoms with Crippen LogP contribution in [0.2, 0.25) is 0 Å². The van der Waals surface area contributed by atoms with E-state index >= 15 is 0 Å². The Morgan fingerprint density at radius 1 is 1.28 bits per heavy atom. The van der Waals surface area contributed by atoms with E-state index in [4.69, 9.17) is 0 Å². The molecule has 0 saturated carbocycles.